The molecule has 0 spiro atoms. The van der Waals surface area contributed by atoms with Gasteiger partial charge in [0.05, 0.1) is 5.02 Å². The molecule has 120 valence electrons. The van der Waals surface area contributed by atoms with Crippen molar-refractivity contribution in [3.63, 3.8) is 0 Å². The third-order valence-electron chi connectivity index (χ3n) is 3.18. The molecule has 0 radical (unpaired) electrons. The van der Waals surface area contributed by atoms with Crippen molar-refractivity contribution in [2.75, 3.05) is 13.1 Å². The third-order valence-corrected chi connectivity index (χ3v) is 6.27. The SMILES string of the molecule is CCNCc1c(Cl)ccc(S(=O)(=O)N(CC)C(C)C)c1Cl. The van der Waals surface area contributed by atoms with Gasteiger partial charge in [-0.15, -0.1) is 0 Å². The summed E-state index contributed by atoms with van der Waals surface area (Å²) in [6.45, 7) is 9.01. The van der Waals surface area contributed by atoms with Crippen LogP contribution in [0.5, 0.6) is 0 Å². The molecule has 0 aliphatic rings. The van der Waals surface area contributed by atoms with Crippen LogP contribution < -0.4 is 5.32 Å². The molecule has 21 heavy (non-hydrogen) atoms. The number of halogens is 2. The zero-order valence-corrected chi connectivity index (χ0v) is 15.1. The number of benzene rings is 1. The van der Waals surface area contributed by atoms with E-state index in [4.69, 9.17) is 23.2 Å². The minimum absolute atomic E-state index is 0.108. The number of hydrogen-bond acceptors (Lipinski definition) is 3. The standard InChI is InChI=1S/C14H22Cl2N2O2S/c1-5-17-9-11-12(15)7-8-13(14(11)16)21(19,20)18(6-2)10(3)4/h7-8,10,17H,5-6,9H2,1-4H3. The molecular formula is C14H22Cl2N2O2S. The molecule has 0 saturated carbocycles. The zero-order valence-electron chi connectivity index (χ0n) is 12.8. The van der Waals surface area contributed by atoms with Crippen molar-refractivity contribution in [1.29, 1.82) is 0 Å². The van der Waals surface area contributed by atoms with E-state index in [1.165, 1.54) is 10.4 Å². The second-order valence-corrected chi connectivity index (χ2v) is 7.56. The first kappa shape index (κ1) is 18.7. The molecule has 0 aliphatic heterocycles. The highest BCUT2D eigenvalue weighted by atomic mass is 35.5. The lowest BCUT2D eigenvalue weighted by Crippen LogP contribution is -2.36. The average molecular weight is 353 g/mol. The fourth-order valence-electron chi connectivity index (χ4n) is 2.13. The summed E-state index contributed by atoms with van der Waals surface area (Å²) in [5.74, 6) is 0. The van der Waals surface area contributed by atoms with Gasteiger partial charge in [0.1, 0.15) is 4.90 Å². The van der Waals surface area contributed by atoms with E-state index >= 15 is 0 Å². The monoisotopic (exact) mass is 352 g/mol. The predicted molar refractivity (Wildman–Crippen MR) is 88.5 cm³/mol. The Labute approximate surface area is 137 Å². The lowest BCUT2D eigenvalue weighted by atomic mass is 10.2. The van der Waals surface area contributed by atoms with Gasteiger partial charge in [0.25, 0.3) is 0 Å². The lowest BCUT2D eigenvalue weighted by molar-refractivity contribution is 0.369. The summed E-state index contributed by atoms with van der Waals surface area (Å²) >= 11 is 12.4. The second kappa shape index (κ2) is 7.79. The highest BCUT2D eigenvalue weighted by molar-refractivity contribution is 7.89. The Balaban J connectivity index is 3.37. The van der Waals surface area contributed by atoms with Crippen LogP contribution in [-0.4, -0.2) is 31.9 Å². The van der Waals surface area contributed by atoms with Crippen molar-refractivity contribution in [2.24, 2.45) is 0 Å². The van der Waals surface area contributed by atoms with Gasteiger partial charge >= 0.3 is 0 Å². The highest BCUT2D eigenvalue weighted by Crippen LogP contribution is 2.33. The van der Waals surface area contributed by atoms with Gasteiger partial charge in [-0.05, 0) is 32.5 Å². The van der Waals surface area contributed by atoms with Gasteiger partial charge in [0.2, 0.25) is 10.0 Å². The molecule has 0 fully saturated rings. The first-order chi connectivity index (χ1) is 9.77. The summed E-state index contributed by atoms with van der Waals surface area (Å²) < 4.78 is 26.9. The van der Waals surface area contributed by atoms with Crippen LogP contribution in [-0.2, 0) is 16.6 Å². The molecule has 0 bridgehead atoms. The molecular weight excluding hydrogens is 331 g/mol. The third kappa shape index (κ3) is 4.11. The van der Waals surface area contributed by atoms with Crippen LogP contribution in [0.1, 0.15) is 33.3 Å². The van der Waals surface area contributed by atoms with E-state index in [0.29, 0.717) is 23.7 Å². The lowest BCUT2D eigenvalue weighted by Gasteiger charge is -2.25. The maximum atomic E-state index is 12.7. The van der Waals surface area contributed by atoms with Gasteiger partial charge in [-0.2, -0.15) is 4.31 Å². The molecule has 0 saturated heterocycles. The van der Waals surface area contributed by atoms with E-state index in [0.717, 1.165) is 6.54 Å². The van der Waals surface area contributed by atoms with Crippen LogP contribution in [0.2, 0.25) is 10.0 Å². The van der Waals surface area contributed by atoms with Crippen LogP contribution >= 0.6 is 23.2 Å². The molecule has 0 atom stereocenters. The Morgan fingerprint density at radius 1 is 1.24 bits per heavy atom. The van der Waals surface area contributed by atoms with E-state index in [-0.39, 0.29) is 16.0 Å². The number of nitrogens with zero attached hydrogens (tertiary/aromatic N) is 1. The van der Waals surface area contributed by atoms with E-state index in [2.05, 4.69) is 5.32 Å². The summed E-state index contributed by atoms with van der Waals surface area (Å²) in [7, 11) is -3.63. The summed E-state index contributed by atoms with van der Waals surface area (Å²) in [5.41, 5.74) is 0.612. The Bertz CT molecular complexity index is 589. The van der Waals surface area contributed by atoms with Crippen molar-refractivity contribution in [1.82, 2.24) is 9.62 Å². The Kier molecular flexibility index (Phi) is 6.94. The molecule has 1 aromatic rings. The maximum Gasteiger partial charge on any atom is 0.244 e. The fourth-order valence-corrected chi connectivity index (χ4v) is 4.66. The van der Waals surface area contributed by atoms with E-state index in [1.807, 2.05) is 20.8 Å². The molecule has 4 nitrogen and oxygen atoms in total. The van der Waals surface area contributed by atoms with E-state index in [1.54, 1.807) is 13.0 Å². The number of nitrogens with one attached hydrogen (secondary N) is 1. The van der Waals surface area contributed by atoms with Crippen molar-refractivity contribution in [3.05, 3.63) is 27.7 Å². The van der Waals surface area contributed by atoms with Gasteiger partial charge < -0.3 is 5.32 Å². The Hall–Kier alpha value is -0.330. The first-order valence-corrected chi connectivity index (χ1v) is 9.16. The normalized spacial score (nSPS) is 12.4. The molecule has 1 rings (SSSR count). The maximum absolute atomic E-state index is 12.7. The summed E-state index contributed by atoms with van der Waals surface area (Å²) in [6, 6.07) is 2.92. The van der Waals surface area contributed by atoms with E-state index < -0.39 is 10.0 Å². The number of sulfonamides is 1. The summed E-state index contributed by atoms with van der Waals surface area (Å²) in [6.07, 6.45) is 0. The Morgan fingerprint density at radius 2 is 1.86 bits per heavy atom. The molecule has 7 heteroatoms. The van der Waals surface area contributed by atoms with Crippen molar-refractivity contribution in [3.8, 4) is 0 Å². The van der Waals surface area contributed by atoms with Crippen LogP contribution in [0.15, 0.2) is 17.0 Å². The molecule has 0 aromatic heterocycles. The molecule has 0 heterocycles. The fraction of sp³-hybridized carbons (Fsp3) is 0.571. The van der Waals surface area contributed by atoms with Gasteiger partial charge in [-0.1, -0.05) is 37.0 Å². The largest absolute Gasteiger partial charge is 0.313 e. The first-order valence-electron chi connectivity index (χ1n) is 6.96. The van der Waals surface area contributed by atoms with Crippen molar-refractivity contribution >= 4 is 33.2 Å². The average Bonchev–Trinajstić information content (AvgIpc) is 2.38. The molecule has 1 aromatic carbocycles. The van der Waals surface area contributed by atoms with Gasteiger partial charge in [-0.3, -0.25) is 0 Å². The molecule has 1 N–H and O–H groups in total. The zero-order chi connectivity index (χ0) is 16.2. The highest BCUT2D eigenvalue weighted by Gasteiger charge is 2.29. The van der Waals surface area contributed by atoms with Crippen LogP contribution in [0.4, 0.5) is 0 Å². The van der Waals surface area contributed by atoms with E-state index in [9.17, 15) is 8.42 Å². The summed E-state index contributed by atoms with van der Waals surface area (Å²) in [4.78, 5) is 0.108. The molecule has 0 aliphatic carbocycles. The Morgan fingerprint density at radius 3 is 2.33 bits per heavy atom. The van der Waals surface area contributed by atoms with Crippen molar-refractivity contribution < 1.29 is 8.42 Å². The quantitative estimate of drug-likeness (QED) is 0.816. The smallest absolute Gasteiger partial charge is 0.244 e. The minimum atomic E-state index is -3.63. The van der Waals surface area contributed by atoms with Crippen LogP contribution in [0, 0.1) is 0 Å². The molecule has 0 amide bonds. The van der Waals surface area contributed by atoms with Crippen LogP contribution in [0.3, 0.4) is 0 Å². The molecule has 0 unspecified atom stereocenters. The predicted octanol–water partition coefficient (Wildman–Crippen LogP) is 3.52. The minimum Gasteiger partial charge on any atom is -0.313 e. The summed E-state index contributed by atoms with van der Waals surface area (Å²) in [5, 5.41) is 3.78. The number of rotatable bonds is 7. The topological polar surface area (TPSA) is 49.4 Å². The van der Waals surface area contributed by atoms with Crippen molar-refractivity contribution in [2.45, 2.75) is 45.2 Å². The van der Waals surface area contributed by atoms with Crippen LogP contribution in [0.25, 0.3) is 0 Å². The van der Waals surface area contributed by atoms with Gasteiger partial charge in [0.15, 0.2) is 0 Å². The van der Waals surface area contributed by atoms with Gasteiger partial charge in [0, 0.05) is 29.7 Å². The number of hydrogen-bond donors (Lipinski definition) is 1. The second-order valence-electron chi connectivity index (χ2n) is 4.92. The van der Waals surface area contributed by atoms with Gasteiger partial charge in [-0.25, -0.2) is 8.42 Å².